The normalized spacial score (nSPS) is 19.0. The van der Waals surface area contributed by atoms with Crippen LogP contribution < -0.4 is 14.8 Å². The lowest BCUT2D eigenvalue weighted by Crippen LogP contribution is -2.36. The molecule has 0 spiro atoms. The number of nitrogens with zero attached hydrogens (tertiary/aromatic N) is 1. The number of hydrogen-bond acceptors (Lipinski definition) is 4. The predicted octanol–water partition coefficient (Wildman–Crippen LogP) is 2.77. The Morgan fingerprint density at radius 2 is 2.00 bits per heavy atom. The summed E-state index contributed by atoms with van der Waals surface area (Å²) in [4.78, 5) is 27.0. The SMILES string of the molecule is O=C1CC(c2ccccc2)N(C(=O)c2cc(Cl)c3c(c2)OCO3)CCN1. The Morgan fingerprint density at radius 3 is 2.81 bits per heavy atom. The summed E-state index contributed by atoms with van der Waals surface area (Å²) in [5, 5.41) is 3.17. The van der Waals surface area contributed by atoms with Gasteiger partial charge in [0.1, 0.15) is 0 Å². The van der Waals surface area contributed by atoms with Crippen molar-refractivity contribution in [2.75, 3.05) is 19.9 Å². The van der Waals surface area contributed by atoms with E-state index in [1.807, 2.05) is 30.3 Å². The van der Waals surface area contributed by atoms with Gasteiger partial charge in [-0.1, -0.05) is 41.9 Å². The van der Waals surface area contributed by atoms with Crippen LogP contribution in [0.2, 0.25) is 5.02 Å². The number of carbonyl (C=O) groups is 2. The maximum absolute atomic E-state index is 13.2. The van der Waals surface area contributed by atoms with Crippen LogP contribution in [0.1, 0.15) is 28.4 Å². The van der Waals surface area contributed by atoms with Gasteiger partial charge in [0, 0.05) is 18.7 Å². The lowest BCUT2D eigenvalue weighted by Gasteiger charge is -2.29. The number of hydrogen-bond donors (Lipinski definition) is 1. The molecule has 0 aromatic heterocycles. The molecule has 0 aliphatic carbocycles. The van der Waals surface area contributed by atoms with Crippen molar-refractivity contribution in [3.8, 4) is 11.5 Å². The van der Waals surface area contributed by atoms with Gasteiger partial charge in [-0.2, -0.15) is 0 Å². The maximum Gasteiger partial charge on any atom is 0.254 e. The minimum Gasteiger partial charge on any atom is -0.454 e. The number of nitrogens with one attached hydrogen (secondary N) is 1. The second-order valence-electron chi connectivity index (χ2n) is 6.17. The number of halogens is 1. The minimum atomic E-state index is -0.338. The van der Waals surface area contributed by atoms with E-state index in [2.05, 4.69) is 5.32 Å². The van der Waals surface area contributed by atoms with E-state index in [1.165, 1.54) is 0 Å². The fraction of sp³-hybridized carbons (Fsp3) is 0.263. The van der Waals surface area contributed by atoms with Crippen LogP contribution >= 0.6 is 11.6 Å². The van der Waals surface area contributed by atoms with Crippen molar-refractivity contribution < 1.29 is 19.1 Å². The van der Waals surface area contributed by atoms with Gasteiger partial charge in [0.15, 0.2) is 11.5 Å². The van der Waals surface area contributed by atoms with E-state index in [9.17, 15) is 9.59 Å². The Balaban J connectivity index is 1.70. The molecule has 1 fully saturated rings. The highest BCUT2D eigenvalue weighted by Gasteiger charge is 2.31. The van der Waals surface area contributed by atoms with Crippen LogP contribution in [0.3, 0.4) is 0 Å². The van der Waals surface area contributed by atoms with Crippen molar-refractivity contribution in [2.24, 2.45) is 0 Å². The molecule has 1 N–H and O–H groups in total. The van der Waals surface area contributed by atoms with Crippen LogP contribution in [0, 0.1) is 0 Å². The molecular weight excluding hydrogens is 356 g/mol. The summed E-state index contributed by atoms with van der Waals surface area (Å²) in [5.74, 6) is 0.644. The smallest absolute Gasteiger partial charge is 0.254 e. The second kappa shape index (κ2) is 6.88. The molecule has 0 saturated carbocycles. The first kappa shape index (κ1) is 16.7. The predicted molar refractivity (Wildman–Crippen MR) is 95.4 cm³/mol. The molecule has 6 nitrogen and oxygen atoms in total. The summed E-state index contributed by atoms with van der Waals surface area (Å²) in [6.45, 7) is 0.907. The average Bonchev–Trinajstić information content (AvgIpc) is 3.05. The summed E-state index contributed by atoms with van der Waals surface area (Å²) in [6.07, 6.45) is 0.216. The van der Waals surface area contributed by atoms with Crippen molar-refractivity contribution in [3.63, 3.8) is 0 Å². The summed E-state index contributed by atoms with van der Waals surface area (Å²) < 4.78 is 10.7. The van der Waals surface area contributed by atoms with Crippen LogP contribution in [0.5, 0.6) is 11.5 Å². The molecule has 2 aromatic rings. The van der Waals surface area contributed by atoms with E-state index in [0.717, 1.165) is 5.56 Å². The number of carbonyl (C=O) groups excluding carboxylic acids is 2. The molecule has 2 aliphatic heterocycles. The number of amides is 2. The standard InChI is InChI=1S/C19H17ClN2O4/c20-14-8-13(9-16-18(14)26-11-25-16)19(24)22-7-6-21-17(23)10-15(22)12-4-2-1-3-5-12/h1-5,8-9,15H,6-7,10-11H2,(H,21,23). The van der Waals surface area contributed by atoms with E-state index in [1.54, 1.807) is 17.0 Å². The van der Waals surface area contributed by atoms with Gasteiger partial charge in [-0.05, 0) is 17.7 Å². The Kier molecular flexibility index (Phi) is 4.42. The molecule has 1 saturated heterocycles. The summed E-state index contributed by atoms with van der Waals surface area (Å²) in [5.41, 5.74) is 1.33. The van der Waals surface area contributed by atoms with E-state index < -0.39 is 0 Å². The number of fused-ring (bicyclic) bond motifs is 1. The van der Waals surface area contributed by atoms with E-state index in [4.69, 9.17) is 21.1 Å². The van der Waals surface area contributed by atoms with Crippen molar-refractivity contribution in [1.29, 1.82) is 0 Å². The first-order chi connectivity index (χ1) is 12.6. The molecular formula is C19H17ClN2O4. The third-order valence-electron chi connectivity index (χ3n) is 4.55. The molecule has 1 atom stereocenters. The monoisotopic (exact) mass is 372 g/mol. The Bertz CT molecular complexity index is 856. The molecule has 2 heterocycles. The second-order valence-corrected chi connectivity index (χ2v) is 6.58. The zero-order valence-corrected chi connectivity index (χ0v) is 14.7. The Hall–Kier alpha value is -2.73. The van der Waals surface area contributed by atoms with Gasteiger partial charge in [-0.3, -0.25) is 9.59 Å². The molecule has 2 aliphatic rings. The summed E-state index contributed by atoms with van der Waals surface area (Å²) in [6, 6.07) is 12.4. The number of rotatable bonds is 2. The maximum atomic E-state index is 13.2. The molecule has 2 aromatic carbocycles. The summed E-state index contributed by atoms with van der Waals surface area (Å²) >= 11 is 6.22. The van der Waals surface area contributed by atoms with E-state index in [-0.39, 0.29) is 31.1 Å². The first-order valence-electron chi connectivity index (χ1n) is 8.35. The summed E-state index contributed by atoms with van der Waals surface area (Å²) in [7, 11) is 0. The van der Waals surface area contributed by atoms with Gasteiger partial charge in [-0.25, -0.2) is 0 Å². The fourth-order valence-electron chi connectivity index (χ4n) is 3.30. The Morgan fingerprint density at radius 1 is 1.19 bits per heavy atom. The average molecular weight is 373 g/mol. The number of benzene rings is 2. The van der Waals surface area contributed by atoms with Crippen LogP contribution in [-0.2, 0) is 4.79 Å². The minimum absolute atomic E-state index is 0.0714. The molecule has 134 valence electrons. The van der Waals surface area contributed by atoms with Gasteiger partial charge < -0.3 is 19.7 Å². The highest BCUT2D eigenvalue weighted by molar-refractivity contribution is 6.32. The molecule has 7 heteroatoms. The molecule has 26 heavy (non-hydrogen) atoms. The zero-order valence-electron chi connectivity index (χ0n) is 13.9. The molecule has 2 amide bonds. The lowest BCUT2D eigenvalue weighted by molar-refractivity contribution is -0.121. The van der Waals surface area contributed by atoms with Crippen LogP contribution in [0.4, 0.5) is 0 Å². The van der Waals surface area contributed by atoms with Crippen LogP contribution in [0.15, 0.2) is 42.5 Å². The quantitative estimate of drug-likeness (QED) is 0.880. The van der Waals surface area contributed by atoms with Crippen LogP contribution in [0.25, 0.3) is 0 Å². The van der Waals surface area contributed by atoms with Gasteiger partial charge >= 0.3 is 0 Å². The fourth-order valence-corrected chi connectivity index (χ4v) is 3.57. The molecule has 1 unspecified atom stereocenters. The molecule has 4 rings (SSSR count). The van der Waals surface area contributed by atoms with Gasteiger partial charge in [0.05, 0.1) is 17.5 Å². The van der Waals surface area contributed by atoms with Crippen molar-refractivity contribution in [2.45, 2.75) is 12.5 Å². The van der Waals surface area contributed by atoms with Gasteiger partial charge in [0.25, 0.3) is 5.91 Å². The highest BCUT2D eigenvalue weighted by Crippen LogP contribution is 2.40. The topological polar surface area (TPSA) is 67.9 Å². The Labute approximate surface area is 155 Å². The van der Waals surface area contributed by atoms with E-state index in [0.29, 0.717) is 35.2 Å². The highest BCUT2D eigenvalue weighted by atomic mass is 35.5. The van der Waals surface area contributed by atoms with E-state index >= 15 is 0 Å². The zero-order chi connectivity index (χ0) is 18.1. The van der Waals surface area contributed by atoms with Crippen molar-refractivity contribution in [3.05, 3.63) is 58.6 Å². The lowest BCUT2D eigenvalue weighted by atomic mass is 10.0. The van der Waals surface area contributed by atoms with Gasteiger partial charge in [-0.15, -0.1) is 0 Å². The molecule has 0 bridgehead atoms. The third-order valence-corrected chi connectivity index (χ3v) is 4.83. The first-order valence-corrected chi connectivity index (χ1v) is 8.73. The molecule has 0 radical (unpaired) electrons. The largest absolute Gasteiger partial charge is 0.454 e. The van der Waals surface area contributed by atoms with Gasteiger partial charge in [0.2, 0.25) is 12.7 Å². The third kappa shape index (κ3) is 3.08. The van der Waals surface area contributed by atoms with Crippen LogP contribution in [-0.4, -0.2) is 36.6 Å². The van der Waals surface area contributed by atoms with Crippen molar-refractivity contribution >= 4 is 23.4 Å². The van der Waals surface area contributed by atoms with Crippen molar-refractivity contribution in [1.82, 2.24) is 10.2 Å². The number of ether oxygens (including phenoxy) is 2.